The van der Waals surface area contributed by atoms with Crippen LogP contribution in [-0.2, 0) is 11.0 Å². The number of aromatic carboxylic acids is 1. The highest BCUT2D eigenvalue weighted by molar-refractivity contribution is 7.38. The fourth-order valence-corrected chi connectivity index (χ4v) is 4.98. The normalized spacial score (nSPS) is 19.0. The minimum absolute atomic E-state index is 0.258. The summed E-state index contributed by atoms with van der Waals surface area (Å²) in [4.78, 5) is 20.6. The number of rotatable bonds is 10. The van der Waals surface area contributed by atoms with E-state index < -0.39 is 20.1 Å². The van der Waals surface area contributed by atoms with Crippen LogP contribution >= 0.6 is 8.03 Å². The Morgan fingerprint density at radius 1 is 1.27 bits per heavy atom. The second-order valence-electron chi connectivity index (χ2n) is 7.19. The van der Waals surface area contributed by atoms with Gasteiger partial charge in [-0.1, -0.05) is 31.4 Å². The van der Waals surface area contributed by atoms with Crippen molar-refractivity contribution < 1.29 is 24.5 Å². The van der Waals surface area contributed by atoms with E-state index in [2.05, 4.69) is 5.32 Å². The van der Waals surface area contributed by atoms with E-state index >= 15 is 0 Å². The maximum Gasteiger partial charge on any atom is 0.335 e. The van der Waals surface area contributed by atoms with Gasteiger partial charge in [-0.05, 0) is 55.8 Å². The second kappa shape index (κ2) is 10.8. The summed E-state index contributed by atoms with van der Waals surface area (Å²) in [6.07, 6.45) is 5.77. The Morgan fingerprint density at radius 2 is 2.00 bits per heavy atom. The van der Waals surface area contributed by atoms with Gasteiger partial charge in [0.1, 0.15) is 0 Å². The van der Waals surface area contributed by atoms with Crippen LogP contribution in [0, 0.1) is 5.92 Å². The summed E-state index contributed by atoms with van der Waals surface area (Å²) in [5.41, 5.74) is 0.905. The van der Waals surface area contributed by atoms with Gasteiger partial charge in [0.05, 0.1) is 11.7 Å². The molecule has 2 unspecified atom stereocenters. The lowest BCUT2D eigenvalue weighted by Gasteiger charge is -2.29. The van der Waals surface area contributed by atoms with Crippen molar-refractivity contribution in [1.82, 2.24) is 5.32 Å². The van der Waals surface area contributed by atoms with Gasteiger partial charge in [-0.3, -0.25) is 4.57 Å². The van der Waals surface area contributed by atoms with E-state index in [4.69, 9.17) is 5.11 Å². The van der Waals surface area contributed by atoms with Crippen molar-refractivity contribution in [3.63, 3.8) is 0 Å². The molecule has 6 nitrogen and oxygen atoms in total. The molecule has 7 heteroatoms. The van der Waals surface area contributed by atoms with Crippen molar-refractivity contribution in [2.45, 2.75) is 56.7 Å². The molecule has 0 heterocycles. The van der Waals surface area contributed by atoms with Crippen LogP contribution in [-0.4, -0.2) is 45.9 Å². The molecule has 146 valence electrons. The molecular weight excluding hydrogens is 353 g/mol. The first kappa shape index (κ1) is 21.1. The third kappa shape index (κ3) is 6.84. The van der Waals surface area contributed by atoms with Gasteiger partial charge in [-0.25, -0.2) is 4.79 Å². The van der Waals surface area contributed by atoms with E-state index in [1.807, 2.05) is 6.07 Å². The number of hydrogen-bond donors (Lipinski definition) is 4. The lowest BCUT2D eigenvalue weighted by atomic mass is 9.85. The van der Waals surface area contributed by atoms with E-state index in [1.54, 1.807) is 18.2 Å². The van der Waals surface area contributed by atoms with Crippen molar-refractivity contribution >= 4 is 14.0 Å². The van der Waals surface area contributed by atoms with Gasteiger partial charge in [0.25, 0.3) is 0 Å². The van der Waals surface area contributed by atoms with Crippen LogP contribution in [0.2, 0.25) is 0 Å². The van der Waals surface area contributed by atoms with Gasteiger partial charge in [0, 0.05) is 12.2 Å². The lowest BCUT2D eigenvalue weighted by Crippen LogP contribution is -2.33. The molecule has 0 bridgehead atoms. The van der Waals surface area contributed by atoms with Crippen molar-refractivity contribution in [1.29, 1.82) is 0 Å². The summed E-state index contributed by atoms with van der Waals surface area (Å²) in [5, 5.41) is 22.4. The quantitative estimate of drug-likeness (QED) is 0.366. The number of carboxylic acids is 1. The molecule has 26 heavy (non-hydrogen) atoms. The number of aliphatic hydroxyl groups is 1. The monoisotopic (exact) mass is 383 g/mol. The Kier molecular flexibility index (Phi) is 8.79. The number of hydrogen-bond acceptors (Lipinski definition) is 4. The predicted molar refractivity (Wildman–Crippen MR) is 102 cm³/mol. The summed E-state index contributed by atoms with van der Waals surface area (Å²) in [5.74, 6) is -0.684. The molecule has 4 N–H and O–H groups in total. The van der Waals surface area contributed by atoms with E-state index in [9.17, 15) is 19.4 Å². The summed E-state index contributed by atoms with van der Waals surface area (Å²) in [6, 6.07) is 6.81. The average molecular weight is 383 g/mol. The average Bonchev–Trinajstić information content (AvgIpc) is 2.64. The van der Waals surface area contributed by atoms with Crippen LogP contribution in [0.3, 0.4) is 0 Å². The van der Waals surface area contributed by atoms with Crippen molar-refractivity contribution in [3.8, 4) is 0 Å². The molecule has 0 aliphatic heterocycles. The Hall–Kier alpha value is -1.20. The molecule has 1 aromatic carbocycles. The van der Waals surface area contributed by atoms with Crippen molar-refractivity contribution in [3.05, 3.63) is 35.4 Å². The molecule has 1 saturated carbocycles. The number of aliphatic hydroxyl groups excluding tert-OH is 1. The summed E-state index contributed by atoms with van der Waals surface area (Å²) in [6.45, 7) is 0.986. The smallest absolute Gasteiger partial charge is 0.335 e. The Labute approximate surface area is 155 Å². The maximum absolute atomic E-state index is 11.7. The Bertz CT molecular complexity index is 603. The summed E-state index contributed by atoms with van der Waals surface area (Å²) < 4.78 is 11.7. The first-order valence-corrected chi connectivity index (χ1v) is 10.8. The van der Waals surface area contributed by atoms with Crippen molar-refractivity contribution in [2.75, 3.05) is 13.1 Å². The zero-order chi connectivity index (χ0) is 18.9. The fraction of sp³-hybridized carbons (Fsp3) is 0.632. The fourth-order valence-electron chi connectivity index (χ4n) is 3.77. The molecular formula is C19H30NO5P. The van der Waals surface area contributed by atoms with E-state index in [1.165, 1.54) is 6.42 Å². The molecule has 3 atom stereocenters. The van der Waals surface area contributed by atoms with E-state index in [-0.39, 0.29) is 17.1 Å². The largest absolute Gasteiger partial charge is 0.478 e. The summed E-state index contributed by atoms with van der Waals surface area (Å²) in [7, 11) is -2.65. The third-order valence-electron chi connectivity index (χ3n) is 5.21. The van der Waals surface area contributed by atoms with Crippen LogP contribution in [0.25, 0.3) is 0 Å². The molecule has 1 aromatic rings. The van der Waals surface area contributed by atoms with Gasteiger partial charge in [-0.15, -0.1) is 0 Å². The van der Waals surface area contributed by atoms with E-state index in [0.717, 1.165) is 31.2 Å². The Morgan fingerprint density at radius 3 is 2.65 bits per heavy atom. The number of carbonyl (C=O) groups is 1. The first-order chi connectivity index (χ1) is 12.5. The Balaban J connectivity index is 1.73. The van der Waals surface area contributed by atoms with Crippen LogP contribution in [0.1, 0.15) is 54.4 Å². The molecule has 0 saturated heterocycles. The standard InChI is InChI=1S/C19H30NO5P/c21-17(12-18(26(24)25)15-6-2-1-3-7-15)13-20-10-9-14-5-4-8-16(11-14)19(22)23/h4-5,8,11,15,17-18,20-21,26H,1-3,6-7,9-10,12-13H2,(H,22,23)(H,24,25)/t17-,18?/m0/s1. The zero-order valence-electron chi connectivity index (χ0n) is 15.1. The topological polar surface area (TPSA) is 107 Å². The first-order valence-electron chi connectivity index (χ1n) is 9.41. The zero-order valence-corrected chi connectivity index (χ0v) is 16.1. The third-order valence-corrected chi connectivity index (χ3v) is 6.55. The van der Waals surface area contributed by atoms with Crippen LogP contribution in [0.15, 0.2) is 24.3 Å². The lowest BCUT2D eigenvalue weighted by molar-refractivity contribution is 0.0696. The minimum Gasteiger partial charge on any atom is -0.478 e. The van der Waals surface area contributed by atoms with Gasteiger partial charge >= 0.3 is 5.97 Å². The highest BCUT2D eigenvalue weighted by Crippen LogP contribution is 2.40. The molecule has 1 aliphatic rings. The highest BCUT2D eigenvalue weighted by Gasteiger charge is 2.29. The SMILES string of the molecule is O=C(O)c1cccc(CCNC[C@@H](O)CC(C2CCCCC2)[PH](=O)O)c1. The maximum atomic E-state index is 11.7. The van der Waals surface area contributed by atoms with Gasteiger partial charge in [-0.2, -0.15) is 0 Å². The predicted octanol–water partition coefficient (Wildman–Crippen LogP) is 2.68. The van der Waals surface area contributed by atoms with Gasteiger partial charge in [0.15, 0.2) is 8.03 Å². The molecule has 0 aromatic heterocycles. The van der Waals surface area contributed by atoms with Crippen molar-refractivity contribution in [2.24, 2.45) is 5.92 Å². The van der Waals surface area contributed by atoms with Crippen LogP contribution < -0.4 is 5.32 Å². The number of carboxylic acid groups (broad SMARTS) is 1. The highest BCUT2D eigenvalue weighted by atomic mass is 31.1. The summed E-state index contributed by atoms with van der Waals surface area (Å²) >= 11 is 0. The minimum atomic E-state index is -2.65. The number of benzene rings is 1. The molecule has 0 spiro atoms. The molecule has 1 fully saturated rings. The molecule has 0 amide bonds. The molecule has 1 aliphatic carbocycles. The van der Waals surface area contributed by atoms with Gasteiger partial charge in [0.2, 0.25) is 0 Å². The molecule has 2 rings (SSSR count). The van der Waals surface area contributed by atoms with Crippen LogP contribution in [0.4, 0.5) is 0 Å². The number of nitrogens with one attached hydrogen (secondary N) is 1. The second-order valence-corrected chi connectivity index (χ2v) is 8.61. The molecule has 0 radical (unpaired) electrons. The van der Waals surface area contributed by atoms with Gasteiger partial charge < -0.3 is 20.4 Å². The van der Waals surface area contributed by atoms with E-state index in [0.29, 0.717) is 25.9 Å². The van der Waals surface area contributed by atoms with Crippen LogP contribution in [0.5, 0.6) is 0 Å².